The summed E-state index contributed by atoms with van der Waals surface area (Å²) in [6.07, 6.45) is 3.09. The molecule has 0 amide bonds. The predicted octanol–water partition coefficient (Wildman–Crippen LogP) is 4.70. The Balaban J connectivity index is 1.46. The van der Waals surface area contributed by atoms with Gasteiger partial charge in [0.15, 0.2) is 5.75 Å². The van der Waals surface area contributed by atoms with Crippen LogP contribution in [0.15, 0.2) is 47.2 Å². The Hall–Kier alpha value is -3.31. The minimum Gasteiger partial charge on any atom is -0.486 e. The number of nitro groups is 1. The van der Waals surface area contributed by atoms with E-state index in [1.165, 1.54) is 12.4 Å². The highest BCUT2D eigenvalue weighted by Crippen LogP contribution is 2.35. The van der Waals surface area contributed by atoms with E-state index in [0.717, 1.165) is 36.1 Å². The first-order valence-electron chi connectivity index (χ1n) is 11.4. The number of benzene rings is 2. The Morgan fingerprint density at radius 2 is 2.06 bits per heavy atom. The molecule has 0 aliphatic carbocycles. The van der Waals surface area contributed by atoms with Crippen molar-refractivity contribution in [3.63, 3.8) is 0 Å². The molecule has 0 unspecified atom stereocenters. The van der Waals surface area contributed by atoms with Crippen molar-refractivity contribution in [1.82, 2.24) is 14.9 Å². The van der Waals surface area contributed by atoms with E-state index in [1.54, 1.807) is 13.0 Å². The third-order valence-electron chi connectivity index (χ3n) is 5.84. The summed E-state index contributed by atoms with van der Waals surface area (Å²) < 4.78 is 11.8. The molecule has 2 heterocycles. The van der Waals surface area contributed by atoms with Gasteiger partial charge in [-0.25, -0.2) is 9.97 Å². The van der Waals surface area contributed by atoms with Gasteiger partial charge >= 0.3 is 11.7 Å². The average molecular weight is 544 g/mol. The van der Waals surface area contributed by atoms with Gasteiger partial charge in [-0.15, -0.1) is 0 Å². The number of nitrogens with zero attached hydrogens (tertiary/aromatic N) is 4. The molecule has 1 aromatic heterocycles. The standard InChI is InChI=1S/C24H26BrN5O5/c1-2-34-23(31)13-29-8-6-16(7-9-29)14-35-22-12-20-19(11-21(22)30(32)33)24(27-15-26-20)28-18-5-3-4-17(25)10-18/h3-5,10-12,15-16H,2,6-9,13-14H2,1H3,(H,26,27,28). The second-order valence-electron chi connectivity index (χ2n) is 8.29. The van der Waals surface area contributed by atoms with Crippen molar-refractivity contribution >= 4 is 50.0 Å². The molecule has 0 bridgehead atoms. The first-order valence-corrected chi connectivity index (χ1v) is 12.2. The lowest BCUT2D eigenvalue weighted by Crippen LogP contribution is -2.39. The molecule has 10 nitrogen and oxygen atoms in total. The topological polar surface area (TPSA) is 120 Å². The quantitative estimate of drug-likeness (QED) is 0.232. The molecule has 3 aromatic rings. The number of hydrogen-bond donors (Lipinski definition) is 1. The summed E-state index contributed by atoms with van der Waals surface area (Å²) in [7, 11) is 0. The van der Waals surface area contributed by atoms with Crippen molar-refractivity contribution < 1.29 is 19.2 Å². The molecule has 0 atom stereocenters. The van der Waals surface area contributed by atoms with E-state index in [0.29, 0.717) is 29.9 Å². The molecule has 1 N–H and O–H groups in total. The van der Waals surface area contributed by atoms with E-state index in [1.807, 2.05) is 24.3 Å². The maximum Gasteiger partial charge on any atom is 0.320 e. The summed E-state index contributed by atoms with van der Waals surface area (Å²) in [5.74, 6) is 0.674. The van der Waals surface area contributed by atoms with Gasteiger partial charge in [0.25, 0.3) is 0 Å². The number of esters is 1. The Kier molecular flexibility index (Phi) is 8.09. The van der Waals surface area contributed by atoms with E-state index in [9.17, 15) is 14.9 Å². The molecule has 1 aliphatic rings. The zero-order valence-corrected chi connectivity index (χ0v) is 20.9. The number of hydrogen-bond acceptors (Lipinski definition) is 9. The van der Waals surface area contributed by atoms with Crippen LogP contribution in [0.1, 0.15) is 19.8 Å². The van der Waals surface area contributed by atoms with Crippen LogP contribution in [0.4, 0.5) is 17.2 Å². The Morgan fingerprint density at radius 1 is 1.26 bits per heavy atom. The Bertz CT molecular complexity index is 1220. The van der Waals surface area contributed by atoms with Crippen molar-refractivity contribution in [2.45, 2.75) is 19.8 Å². The summed E-state index contributed by atoms with van der Waals surface area (Å²) in [4.78, 5) is 33.7. The fourth-order valence-electron chi connectivity index (χ4n) is 4.04. The van der Waals surface area contributed by atoms with Crippen LogP contribution in [0.5, 0.6) is 5.75 Å². The lowest BCUT2D eigenvalue weighted by atomic mass is 9.98. The van der Waals surface area contributed by atoms with E-state index in [4.69, 9.17) is 9.47 Å². The van der Waals surface area contributed by atoms with Crippen molar-refractivity contribution in [3.8, 4) is 5.75 Å². The molecule has 2 aromatic carbocycles. The molecule has 1 aliphatic heterocycles. The number of anilines is 2. The zero-order valence-electron chi connectivity index (χ0n) is 19.3. The number of piperidine rings is 1. The van der Waals surface area contributed by atoms with Crippen LogP contribution in [0.2, 0.25) is 0 Å². The van der Waals surface area contributed by atoms with Crippen LogP contribution < -0.4 is 10.1 Å². The van der Waals surface area contributed by atoms with Crippen molar-refractivity contribution in [1.29, 1.82) is 0 Å². The van der Waals surface area contributed by atoms with Gasteiger partial charge in [0, 0.05) is 22.3 Å². The molecule has 1 fully saturated rings. The number of carbonyl (C=O) groups excluding carboxylic acids is 1. The molecule has 1 saturated heterocycles. The summed E-state index contributed by atoms with van der Waals surface area (Å²) >= 11 is 3.43. The first kappa shape index (κ1) is 24.8. The minimum atomic E-state index is -0.452. The number of likely N-dealkylation sites (tertiary alicyclic amines) is 1. The van der Waals surface area contributed by atoms with Crippen LogP contribution in [0, 0.1) is 16.0 Å². The number of fused-ring (bicyclic) bond motifs is 1. The number of carbonyl (C=O) groups is 1. The van der Waals surface area contributed by atoms with Gasteiger partial charge in [-0.05, 0) is 57.0 Å². The van der Waals surface area contributed by atoms with Crippen LogP contribution in [-0.2, 0) is 9.53 Å². The smallest absolute Gasteiger partial charge is 0.320 e. The largest absolute Gasteiger partial charge is 0.486 e. The van der Waals surface area contributed by atoms with Crippen LogP contribution in [0.25, 0.3) is 10.9 Å². The van der Waals surface area contributed by atoms with Gasteiger partial charge in [0.05, 0.1) is 35.6 Å². The molecule has 35 heavy (non-hydrogen) atoms. The highest BCUT2D eigenvalue weighted by Gasteiger charge is 2.24. The van der Waals surface area contributed by atoms with E-state index < -0.39 is 4.92 Å². The third-order valence-corrected chi connectivity index (χ3v) is 6.33. The monoisotopic (exact) mass is 543 g/mol. The summed E-state index contributed by atoms with van der Waals surface area (Å²) in [6.45, 7) is 4.32. The molecule has 11 heteroatoms. The molecule has 4 rings (SSSR count). The van der Waals surface area contributed by atoms with Crippen molar-refractivity contribution in [2.75, 3.05) is 38.2 Å². The fraction of sp³-hybridized carbons (Fsp3) is 0.375. The number of aromatic nitrogens is 2. The SMILES string of the molecule is CCOC(=O)CN1CCC(COc2cc3ncnc(Nc4cccc(Br)c4)c3cc2[N+](=O)[O-])CC1. The number of rotatable bonds is 9. The second-order valence-corrected chi connectivity index (χ2v) is 9.20. The van der Waals surface area contributed by atoms with Crippen molar-refractivity contribution in [3.05, 3.63) is 57.3 Å². The molecule has 184 valence electrons. The Morgan fingerprint density at radius 3 is 2.77 bits per heavy atom. The maximum absolute atomic E-state index is 11.8. The lowest BCUT2D eigenvalue weighted by molar-refractivity contribution is -0.385. The second kappa shape index (κ2) is 11.4. The summed E-state index contributed by atoms with van der Waals surface area (Å²) in [5, 5.41) is 15.6. The third kappa shape index (κ3) is 6.43. The lowest BCUT2D eigenvalue weighted by Gasteiger charge is -2.30. The number of nitro benzene ring substituents is 1. The molecular weight excluding hydrogens is 518 g/mol. The highest BCUT2D eigenvalue weighted by molar-refractivity contribution is 9.10. The van der Waals surface area contributed by atoms with Crippen LogP contribution >= 0.6 is 15.9 Å². The van der Waals surface area contributed by atoms with E-state index >= 15 is 0 Å². The minimum absolute atomic E-state index is 0.135. The molecule has 0 radical (unpaired) electrons. The van der Waals surface area contributed by atoms with Gasteiger partial charge < -0.3 is 14.8 Å². The van der Waals surface area contributed by atoms with E-state index in [2.05, 4.69) is 36.1 Å². The molecular formula is C24H26BrN5O5. The van der Waals surface area contributed by atoms with Crippen LogP contribution in [0.3, 0.4) is 0 Å². The molecule has 0 spiro atoms. The van der Waals surface area contributed by atoms with Gasteiger partial charge in [-0.3, -0.25) is 19.8 Å². The highest BCUT2D eigenvalue weighted by atomic mass is 79.9. The summed E-state index contributed by atoms with van der Waals surface area (Å²) in [5.41, 5.74) is 1.20. The summed E-state index contributed by atoms with van der Waals surface area (Å²) in [6, 6.07) is 10.6. The number of halogens is 1. The Labute approximate surface area is 210 Å². The zero-order chi connectivity index (χ0) is 24.8. The van der Waals surface area contributed by atoms with Gasteiger partial charge in [0.2, 0.25) is 0 Å². The van der Waals surface area contributed by atoms with E-state index in [-0.39, 0.29) is 29.9 Å². The first-order chi connectivity index (χ1) is 16.9. The van der Waals surface area contributed by atoms with Gasteiger partial charge in [-0.2, -0.15) is 0 Å². The average Bonchev–Trinajstić information content (AvgIpc) is 2.83. The number of ether oxygens (including phenoxy) is 2. The predicted molar refractivity (Wildman–Crippen MR) is 135 cm³/mol. The van der Waals surface area contributed by atoms with Gasteiger partial charge in [-0.1, -0.05) is 22.0 Å². The fourth-order valence-corrected chi connectivity index (χ4v) is 4.44. The molecule has 0 saturated carbocycles. The number of nitrogens with one attached hydrogen (secondary N) is 1. The van der Waals surface area contributed by atoms with Crippen LogP contribution in [-0.4, -0.2) is 58.6 Å². The van der Waals surface area contributed by atoms with Crippen molar-refractivity contribution in [2.24, 2.45) is 5.92 Å². The maximum atomic E-state index is 11.8. The van der Waals surface area contributed by atoms with Gasteiger partial charge in [0.1, 0.15) is 12.1 Å². The normalized spacial score (nSPS) is 14.6.